The number of anilines is 1. The fraction of sp³-hybridized carbons (Fsp3) is 0.250. The number of carbonyl (C=O) groups is 2. The zero-order chi connectivity index (χ0) is 21.0. The highest BCUT2D eigenvalue weighted by atomic mass is 35.5. The van der Waals surface area contributed by atoms with Crippen LogP contribution >= 0.6 is 34.5 Å². The average molecular weight is 452 g/mol. The summed E-state index contributed by atoms with van der Waals surface area (Å²) in [4.78, 5) is 28.9. The third-order valence-corrected chi connectivity index (χ3v) is 5.61. The lowest BCUT2D eigenvalue weighted by atomic mass is 10.2. The number of halogens is 2. The number of amides is 2. The molecule has 1 heterocycles. The number of hydrogen-bond acceptors (Lipinski definition) is 4. The predicted molar refractivity (Wildman–Crippen MR) is 117 cm³/mol. The number of ether oxygens (including phenoxy) is 1. The highest BCUT2D eigenvalue weighted by Crippen LogP contribution is 2.24. The average Bonchev–Trinajstić information content (AvgIpc) is 2.97. The molecule has 0 spiro atoms. The Morgan fingerprint density at radius 1 is 1.21 bits per heavy atom. The number of fused-ring (bicyclic) bond motifs is 1. The highest BCUT2D eigenvalue weighted by Gasteiger charge is 2.13. The number of benzene rings is 2. The van der Waals surface area contributed by atoms with Crippen LogP contribution in [0, 0.1) is 0 Å². The fourth-order valence-electron chi connectivity index (χ4n) is 2.77. The van der Waals surface area contributed by atoms with E-state index in [4.69, 9.17) is 27.9 Å². The molecule has 3 rings (SSSR count). The molecular formula is C20H19Cl2N3O3S. The van der Waals surface area contributed by atoms with E-state index in [9.17, 15) is 9.59 Å². The topological polar surface area (TPSA) is 72.7 Å². The second-order valence-corrected chi connectivity index (χ2v) is 7.99. The normalized spacial score (nSPS) is 11.8. The van der Waals surface area contributed by atoms with Crippen molar-refractivity contribution in [1.29, 1.82) is 0 Å². The standard InChI is InChI=1S/C20H19Cl2N3O3S/c1-3-28-9-8-25-17-7-5-14(23-12(2)26)11-18(17)29-20(25)24-19(27)15-6-4-13(21)10-16(15)22/h4-7,10-11H,3,8-9H2,1-2H3,(H,23,26). The maximum absolute atomic E-state index is 12.7. The van der Waals surface area contributed by atoms with Crippen molar-refractivity contribution in [2.75, 3.05) is 18.5 Å². The molecule has 1 aromatic heterocycles. The van der Waals surface area contributed by atoms with Gasteiger partial charge in [-0.05, 0) is 43.3 Å². The minimum Gasteiger partial charge on any atom is -0.380 e. The van der Waals surface area contributed by atoms with Gasteiger partial charge in [-0.2, -0.15) is 4.99 Å². The SMILES string of the molecule is CCOCCn1c(=NC(=O)c2ccc(Cl)cc2Cl)sc2cc(NC(C)=O)ccc21. The van der Waals surface area contributed by atoms with Crippen LogP contribution in [0.25, 0.3) is 10.2 Å². The van der Waals surface area contributed by atoms with Crippen molar-refractivity contribution in [3.63, 3.8) is 0 Å². The molecule has 2 amide bonds. The van der Waals surface area contributed by atoms with Crippen LogP contribution in [0.4, 0.5) is 5.69 Å². The molecule has 0 aliphatic carbocycles. The zero-order valence-corrected chi connectivity index (χ0v) is 18.2. The van der Waals surface area contributed by atoms with Gasteiger partial charge >= 0.3 is 0 Å². The number of thiazole rings is 1. The van der Waals surface area contributed by atoms with E-state index in [1.54, 1.807) is 12.1 Å². The minimum absolute atomic E-state index is 0.150. The van der Waals surface area contributed by atoms with E-state index in [2.05, 4.69) is 10.3 Å². The summed E-state index contributed by atoms with van der Waals surface area (Å²) >= 11 is 13.4. The largest absolute Gasteiger partial charge is 0.380 e. The van der Waals surface area contributed by atoms with Crippen molar-refractivity contribution in [2.24, 2.45) is 4.99 Å². The summed E-state index contributed by atoms with van der Waals surface area (Å²) in [6.07, 6.45) is 0. The lowest BCUT2D eigenvalue weighted by Gasteiger charge is -2.06. The Labute approximate surface area is 181 Å². The van der Waals surface area contributed by atoms with Gasteiger partial charge in [0.25, 0.3) is 5.91 Å². The smallest absolute Gasteiger partial charge is 0.281 e. The molecule has 0 atom stereocenters. The lowest BCUT2D eigenvalue weighted by Crippen LogP contribution is -2.19. The molecule has 0 aliphatic rings. The molecule has 152 valence electrons. The van der Waals surface area contributed by atoms with Crippen LogP contribution in [0.1, 0.15) is 24.2 Å². The summed E-state index contributed by atoms with van der Waals surface area (Å²) in [5, 5.41) is 3.46. The second-order valence-electron chi connectivity index (χ2n) is 6.14. The zero-order valence-electron chi connectivity index (χ0n) is 15.9. The Bertz CT molecular complexity index is 1140. The molecule has 0 unspecified atom stereocenters. The number of nitrogens with zero attached hydrogens (tertiary/aromatic N) is 2. The molecule has 0 aliphatic heterocycles. The maximum Gasteiger partial charge on any atom is 0.281 e. The fourth-order valence-corrected chi connectivity index (χ4v) is 4.35. The quantitative estimate of drug-likeness (QED) is 0.549. The minimum atomic E-state index is -0.453. The lowest BCUT2D eigenvalue weighted by molar-refractivity contribution is -0.114. The van der Waals surface area contributed by atoms with Crippen molar-refractivity contribution >= 4 is 62.3 Å². The number of rotatable bonds is 6. The highest BCUT2D eigenvalue weighted by molar-refractivity contribution is 7.16. The van der Waals surface area contributed by atoms with E-state index in [1.165, 1.54) is 24.3 Å². The molecule has 29 heavy (non-hydrogen) atoms. The Kier molecular flexibility index (Phi) is 7.08. The Hall–Kier alpha value is -2.19. The molecule has 0 fully saturated rings. The number of nitrogens with one attached hydrogen (secondary N) is 1. The van der Waals surface area contributed by atoms with Gasteiger partial charge in [-0.25, -0.2) is 0 Å². The van der Waals surface area contributed by atoms with Gasteiger partial charge in [-0.3, -0.25) is 9.59 Å². The van der Waals surface area contributed by atoms with Gasteiger partial charge in [0.15, 0.2) is 4.80 Å². The monoisotopic (exact) mass is 451 g/mol. The molecule has 2 aromatic carbocycles. The van der Waals surface area contributed by atoms with Crippen molar-refractivity contribution in [1.82, 2.24) is 4.57 Å². The predicted octanol–water partition coefficient (Wildman–Crippen LogP) is 4.75. The van der Waals surface area contributed by atoms with Crippen molar-refractivity contribution < 1.29 is 14.3 Å². The summed E-state index contributed by atoms with van der Waals surface area (Å²) in [5.74, 6) is -0.604. The van der Waals surface area contributed by atoms with Gasteiger partial charge in [-0.1, -0.05) is 34.5 Å². The molecule has 0 saturated carbocycles. The molecule has 9 heteroatoms. The van der Waals surface area contributed by atoms with Gasteiger partial charge in [-0.15, -0.1) is 0 Å². The summed E-state index contributed by atoms with van der Waals surface area (Å²) in [7, 11) is 0. The van der Waals surface area contributed by atoms with E-state index < -0.39 is 5.91 Å². The summed E-state index contributed by atoms with van der Waals surface area (Å²) in [6, 6.07) is 10.2. The van der Waals surface area contributed by atoms with Crippen LogP contribution in [-0.2, 0) is 16.1 Å². The van der Waals surface area contributed by atoms with Crippen LogP contribution in [0.5, 0.6) is 0 Å². The first kappa shape index (κ1) is 21.5. The summed E-state index contributed by atoms with van der Waals surface area (Å²) in [5.41, 5.74) is 1.86. The Morgan fingerprint density at radius 2 is 2.00 bits per heavy atom. The van der Waals surface area contributed by atoms with Crippen LogP contribution in [-0.4, -0.2) is 29.6 Å². The van der Waals surface area contributed by atoms with Gasteiger partial charge < -0.3 is 14.6 Å². The van der Waals surface area contributed by atoms with Gasteiger partial charge in [0.2, 0.25) is 5.91 Å². The number of carbonyl (C=O) groups excluding carboxylic acids is 2. The van der Waals surface area contributed by atoms with Crippen LogP contribution < -0.4 is 10.1 Å². The van der Waals surface area contributed by atoms with Crippen LogP contribution in [0.3, 0.4) is 0 Å². The summed E-state index contributed by atoms with van der Waals surface area (Å²) < 4.78 is 8.29. The van der Waals surface area contributed by atoms with Crippen LogP contribution in [0.2, 0.25) is 10.0 Å². The Balaban J connectivity index is 2.07. The molecule has 6 nitrogen and oxygen atoms in total. The van der Waals surface area contributed by atoms with E-state index in [1.807, 2.05) is 29.7 Å². The van der Waals surface area contributed by atoms with Gasteiger partial charge in [0.1, 0.15) is 0 Å². The molecule has 0 saturated heterocycles. The number of hydrogen-bond donors (Lipinski definition) is 1. The van der Waals surface area contributed by atoms with E-state index in [0.29, 0.717) is 35.3 Å². The summed E-state index contributed by atoms with van der Waals surface area (Å²) in [6.45, 7) is 5.00. The maximum atomic E-state index is 12.7. The third-order valence-electron chi connectivity index (χ3n) is 4.03. The van der Waals surface area contributed by atoms with Gasteiger partial charge in [0, 0.05) is 30.8 Å². The molecular weight excluding hydrogens is 433 g/mol. The van der Waals surface area contributed by atoms with E-state index >= 15 is 0 Å². The van der Waals surface area contributed by atoms with Crippen molar-refractivity contribution in [3.8, 4) is 0 Å². The molecule has 0 radical (unpaired) electrons. The van der Waals surface area contributed by atoms with Crippen LogP contribution in [0.15, 0.2) is 41.4 Å². The van der Waals surface area contributed by atoms with Crippen molar-refractivity contribution in [3.05, 3.63) is 56.8 Å². The first-order valence-corrected chi connectivity index (χ1v) is 10.5. The van der Waals surface area contributed by atoms with Crippen molar-refractivity contribution in [2.45, 2.75) is 20.4 Å². The third kappa shape index (κ3) is 5.25. The second kappa shape index (κ2) is 9.54. The Morgan fingerprint density at radius 3 is 2.69 bits per heavy atom. The van der Waals surface area contributed by atoms with E-state index in [-0.39, 0.29) is 16.5 Å². The van der Waals surface area contributed by atoms with Gasteiger partial charge in [0.05, 0.1) is 27.4 Å². The first-order chi connectivity index (χ1) is 13.9. The molecule has 1 N–H and O–H groups in total. The number of aromatic nitrogens is 1. The van der Waals surface area contributed by atoms with E-state index in [0.717, 1.165) is 10.2 Å². The molecule has 3 aromatic rings. The first-order valence-electron chi connectivity index (χ1n) is 8.92. The molecule has 0 bridgehead atoms.